The van der Waals surface area contributed by atoms with Crippen molar-refractivity contribution in [2.45, 2.75) is 13.0 Å². The molecule has 0 saturated heterocycles. The van der Waals surface area contributed by atoms with Crippen molar-refractivity contribution in [3.8, 4) is 5.75 Å². The molecule has 0 fully saturated rings. The molecule has 0 radical (unpaired) electrons. The summed E-state index contributed by atoms with van der Waals surface area (Å²) in [7, 11) is 0. The zero-order chi connectivity index (χ0) is 16.8. The van der Waals surface area contributed by atoms with Crippen molar-refractivity contribution in [1.29, 1.82) is 0 Å². The molecule has 1 atom stereocenters. The Morgan fingerprint density at radius 1 is 1.09 bits per heavy atom. The predicted octanol–water partition coefficient (Wildman–Crippen LogP) is 3.24. The first kappa shape index (κ1) is 16.6. The molecule has 6 nitrogen and oxygen atoms in total. The number of hydrogen-bond acceptors (Lipinski definition) is 3. The van der Waals surface area contributed by atoms with Crippen LogP contribution in [-0.2, 0) is 4.79 Å². The summed E-state index contributed by atoms with van der Waals surface area (Å²) in [6, 6.07) is 12.8. The number of carbonyl (C=O) groups is 2. The topological polar surface area (TPSA) is 93.4 Å². The summed E-state index contributed by atoms with van der Waals surface area (Å²) in [5.41, 5.74) is 6.05. The van der Waals surface area contributed by atoms with Crippen molar-refractivity contribution in [1.82, 2.24) is 0 Å². The molecule has 3 amide bonds. The number of rotatable bonds is 5. The predicted molar refractivity (Wildman–Crippen MR) is 89.8 cm³/mol. The van der Waals surface area contributed by atoms with Crippen molar-refractivity contribution in [2.24, 2.45) is 5.73 Å². The second kappa shape index (κ2) is 7.51. The number of anilines is 2. The number of carbonyl (C=O) groups excluding carboxylic acids is 2. The Kier molecular flexibility index (Phi) is 5.43. The quantitative estimate of drug-likeness (QED) is 0.784. The van der Waals surface area contributed by atoms with E-state index in [4.69, 9.17) is 22.1 Å². The number of amides is 3. The Morgan fingerprint density at radius 3 is 2.39 bits per heavy atom. The van der Waals surface area contributed by atoms with Gasteiger partial charge in [-0.05, 0) is 37.3 Å². The van der Waals surface area contributed by atoms with Gasteiger partial charge < -0.3 is 21.1 Å². The van der Waals surface area contributed by atoms with Crippen LogP contribution in [0.5, 0.6) is 5.75 Å². The standard InChI is InChI=1S/C16H16ClN3O3/c1-10(23-14-8-3-2-7-13(14)17)15(21)19-11-5-4-6-12(9-11)20-16(18)22/h2-10H,1H3,(H,19,21)(H3,18,20,22). The molecule has 2 aromatic carbocycles. The minimum absolute atomic E-state index is 0.346. The lowest BCUT2D eigenvalue weighted by molar-refractivity contribution is -0.122. The Balaban J connectivity index is 2.01. The molecule has 0 aliphatic rings. The van der Waals surface area contributed by atoms with E-state index >= 15 is 0 Å². The van der Waals surface area contributed by atoms with Gasteiger partial charge in [-0.1, -0.05) is 29.8 Å². The van der Waals surface area contributed by atoms with Crippen molar-refractivity contribution in [3.63, 3.8) is 0 Å². The monoisotopic (exact) mass is 333 g/mol. The van der Waals surface area contributed by atoms with Gasteiger partial charge in [0.05, 0.1) is 5.02 Å². The summed E-state index contributed by atoms with van der Waals surface area (Å²) in [6.45, 7) is 1.62. The molecule has 23 heavy (non-hydrogen) atoms. The summed E-state index contributed by atoms with van der Waals surface area (Å²) < 4.78 is 5.54. The molecule has 1 unspecified atom stereocenters. The first-order chi connectivity index (χ1) is 11.0. The molecule has 0 aliphatic heterocycles. The minimum Gasteiger partial charge on any atom is -0.479 e. The van der Waals surface area contributed by atoms with Gasteiger partial charge >= 0.3 is 6.03 Å². The van der Waals surface area contributed by atoms with E-state index in [1.165, 1.54) is 0 Å². The first-order valence-electron chi connectivity index (χ1n) is 6.84. The van der Waals surface area contributed by atoms with Crippen molar-refractivity contribution >= 4 is 34.9 Å². The van der Waals surface area contributed by atoms with E-state index in [0.717, 1.165) is 0 Å². The Hall–Kier alpha value is -2.73. The normalized spacial score (nSPS) is 11.4. The summed E-state index contributed by atoms with van der Waals surface area (Å²) in [5, 5.41) is 5.56. The van der Waals surface area contributed by atoms with Crippen LogP contribution in [0.3, 0.4) is 0 Å². The second-order valence-corrected chi connectivity index (χ2v) is 5.16. The van der Waals surface area contributed by atoms with Crippen molar-refractivity contribution < 1.29 is 14.3 Å². The van der Waals surface area contributed by atoms with Crippen LogP contribution < -0.4 is 21.1 Å². The molecule has 0 spiro atoms. The van der Waals surface area contributed by atoms with Gasteiger partial charge in [-0.3, -0.25) is 4.79 Å². The molecule has 2 rings (SSSR count). The number of nitrogens with one attached hydrogen (secondary N) is 2. The summed E-state index contributed by atoms with van der Waals surface area (Å²) >= 11 is 5.99. The molecule has 0 heterocycles. The van der Waals surface area contributed by atoms with Crippen LogP contribution in [0.2, 0.25) is 5.02 Å². The van der Waals surface area contributed by atoms with Crippen LogP contribution in [0.4, 0.5) is 16.2 Å². The minimum atomic E-state index is -0.748. The van der Waals surface area contributed by atoms with Gasteiger partial charge in [0.1, 0.15) is 5.75 Å². The van der Waals surface area contributed by atoms with Gasteiger partial charge in [-0.2, -0.15) is 0 Å². The number of primary amides is 1. The van der Waals surface area contributed by atoms with E-state index in [2.05, 4.69) is 10.6 Å². The van der Waals surface area contributed by atoms with Crippen LogP contribution in [-0.4, -0.2) is 18.0 Å². The van der Waals surface area contributed by atoms with E-state index in [1.807, 2.05) is 0 Å². The average molecular weight is 334 g/mol. The highest BCUT2D eigenvalue weighted by molar-refractivity contribution is 6.32. The number of nitrogens with two attached hydrogens (primary N) is 1. The number of para-hydroxylation sites is 1. The van der Waals surface area contributed by atoms with Crippen LogP contribution in [0.25, 0.3) is 0 Å². The largest absolute Gasteiger partial charge is 0.479 e. The second-order valence-electron chi connectivity index (χ2n) is 4.75. The van der Waals surface area contributed by atoms with Gasteiger partial charge in [0.2, 0.25) is 0 Å². The highest BCUT2D eigenvalue weighted by Crippen LogP contribution is 2.24. The number of benzene rings is 2. The number of urea groups is 1. The molecule has 7 heteroatoms. The maximum absolute atomic E-state index is 12.2. The lowest BCUT2D eigenvalue weighted by atomic mass is 10.2. The highest BCUT2D eigenvalue weighted by Gasteiger charge is 2.16. The average Bonchev–Trinajstić information content (AvgIpc) is 2.49. The number of halogens is 1. The third-order valence-corrected chi connectivity index (χ3v) is 3.22. The molecule has 0 bridgehead atoms. The van der Waals surface area contributed by atoms with Crippen molar-refractivity contribution in [3.05, 3.63) is 53.6 Å². The zero-order valence-corrected chi connectivity index (χ0v) is 13.1. The third kappa shape index (κ3) is 4.89. The SMILES string of the molecule is CC(Oc1ccccc1Cl)C(=O)Nc1cccc(NC(N)=O)c1. The van der Waals surface area contributed by atoms with Gasteiger partial charge in [0.25, 0.3) is 5.91 Å². The Morgan fingerprint density at radius 2 is 1.74 bits per heavy atom. The molecule has 0 aromatic heterocycles. The Labute approximate surface area is 138 Å². The van der Waals surface area contributed by atoms with Gasteiger partial charge in [0, 0.05) is 11.4 Å². The maximum Gasteiger partial charge on any atom is 0.316 e. The van der Waals surface area contributed by atoms with E-state index < -0.39 is 12.1 Å². The number of hydrogen-bond donors (Lipinski definition) is 3. The molecular weight excluding hydrogens is 318 g/mol. The lowest BCUT2D eigenvalue weighted by Gasteiger charge is -2.16. The zero-order valence-electron chi connectivity index (χ0n) is 12.4. The summed E-state index contributed by atoms with van der Waals surface area (Å²) in [6.07, 6.45) is -0.748. The van der Waals surface area contributed by atoms with E-state index in [1.54, 1.807) is 55.5 Å². The van der Waals surface area contributed by atoms with Crippen LogP contribution in [0, 0.1) is 0 Å². The van der Waals surface area contributed by atoms with Crippen LogP contribution in [0.1, 0.15) is 6.92 Å². The van der Waals surface area contributed by atoms with Crippen LogP contribution >= 0.6 is 11.6 Å². The maximum atomic E-state index is 12.2. The van der Waals surface area contributed by atoms with Crippen LogP contribution in [0.15, 0.2) is 48.5 Å². The first-order valence-corrected chi connectivity index (χ1v) is 7.22. The van der Waals surface area contributed by atoms with Gasteiger partial charge in [0.15, 0.2) is 6.10 Å². The molecule has 0 aliphatic carbocycles. The molecule has 120 valence electrons. The van der Waals surface area contributed by atoms with E-state index in [9.17, 15) is 9.59 Å². The molecule has 0 saturated carbocycles. The van der Waals surface area contributed by atoms with E-state index in [0.29, 0.717) is 22.1 Å². The highest BCUT2D eigenvalue weighted by atomic mass is 35.5. The fraction of sp³-hybridized carbons (Fsp3) is 0.125. The van der Waals surface area contributed by atoms with E-state index in [-0.39, 0.29) is 5.91 Å². The number of ether oxygens (including phenoxy) is 1. The fourth-order valence-corrected chi connectivity index (χ4v) is 2.03. The Bertz CT molecular complexity index is 721. The smallest absolute Gasteiger partial charge is 0.316 e. The fourth-order valence-electron chi connectivity index (χ4n) is 1.85. The summed E-state index contributed by atoms with van der Waals surface area (Å²) in [4.78, 5) is 23.0. The summed E-state index contributed by atoms with van der Waals surface area (Å²) in [5.74, 6) is 0.0853. The molecular formula is C16H16ClN3O3. The van der Waals surface area contributed by atoms with Crippen molar-refractivity contribution in [2.75, 3.05) is 10.6 Å². The van der Waals surface area contributed by atoms with Gasteiger partial charge in [-0.15, -0.1) is 0 Å². The van der Waals surface area contributed by atoms with Gasteiger partial charge in [-0.25, -0.2) is 4.79 Å². The molecule has 2 aromatic rings. The lowest BCUT2D eigenvalue weighted by Crippen LogP contribution is -2.30. The molecule has 4 N–H and O–H groups in total. The third-order valence-electron chi connectivity index (χ3n) is 2.91.